The van der Waals surface area contributed by atoms with E-state index in [0.717, 1.165) is 19.6 Å². The van der Waals surface area contributed by atoms with E-state index in [1.807, 2.05) is 14.1 Å². The largest absolute Gasteiger partial charge is 0.468 e. The monoisotopic (exact) mass is 245 g/mol. The molecule has 0 aliphatic carbocycles. The molecular formula is C12H27N3O2. The second kappa shape index (κ2) is 8.44. The van der Waals surface area contributed by atoms with Gasteiger partial charge in [-0.15, -0.1) is 0 Å². The average Bonchev–Trinajstić information content (AvgIpc) is 2.23. The van der Waals surface area contributed by atoms with Crippen LogP contribution < -0.4 is 5.73 Å². The Morgan fingerprint density at radius 1 is 1.24 bits per heavy atom. The van der Waals surface area contributed by atoms with Crippen molar-refractivity contribution >= 4 is 5.97 Å². The number of rotatable bonds is 8. The normalized spacial score (nSPS) is 13.5. The Morgan fingerprint density at radius 3 is 2.24 bits per heavy atom. The summed E-state index contributed by atoms with van der Waals surface area (Å²) < 4.78 is 4.64. The predicted octanol–water partition coefficient (Wildman–Crippen LogP) is 0.00630. The fourth-order valence-corrected chi connectivity index (χ4v) is 1.62. The lowest BCUT2D eigenvalue weighted by atomic mass is 10.2. The molecule has 0 rings (SSSR count). The topological polar surface area (TPSA) is 58.8 Å². The molecule has 102 valence electrons. The third kappa shape index (κ3) is 8.12. The van der Waals surface area contributed by atoms with Crippen LogP contribution >= 0.6 is 0 Å². The van der Waals surface area contributed by atoms with Gasteiger partial charge < -0.3 is 15.4 Å². The Hall–Kier alpha value is -0.650. The molecule has 17 heavy (non-hydrogen) atoms. The van der Waals surface area contributed by atoms with Gasteiger partial charge in [0.25, 0.3) is 0 Å². The number of likely N-dealkylation sites (N-methyl/N-ethyl adjacent to an activating group) is 1. The van der Waals surface area contributed by atoms with Crippen LogP contribution in [0, 0.1) is 5.92 Å². The van der Waals surface area contributed by atoms with Gasteiger partial charge in [-0.25, -0.2) is 0 Å². The van der Waals surface area contributed by atoms with Crippen LogP contribution in [0.25, 0.3) is 0 Å². The summed E-state index contributed by atoms with van der Waals surface area (Å²) in [6.07, 6.45) is 0. The van der Waals surface area contributed by atoms with Gasteiger partial charge in [-0.05, 0) is 20.0 Å². The van der Waals surface area contributed by atoms with E-state index in [1.165, 1.54) is 7.11 Å². The zero-order valence-electron chi connectivity index (χ0n) is 11.8. The fraction of sp³-hybridized carbons (Fsp3) is 0.917. The lowest BCUT2D eigenvalue weighted by Crippen LogP contribution is -2.46. The quantitative estimate of drug-likeness (QED) is 0.610. The molecule has 0 fully saturated rings. The Balaban J connectivity index is 4.21. The van der Waals surface area contributed by atoms with Gasteiger partial charge in [-0.3, -0.25) is 9.69 Å². The molecule has 0 heterocycles. The molecule has 0 aliphatic rings. The number of esters is 1. The predicted molar refractivity (Wildman–Crippen MR) is 69.8 cm³/mol. The van der Waals surface area contributed by atoms with Crippen molar-refractivity contribution in [3.63, 3.8) is 0 Å². The van der Waals surface area contributed by atoms with Crippen molar-refractivity contribution in [3.8, 4) is 0 Å². The van der Waals surface area contributed by atoms with Gasteiger partial charge >= 0.3 is 5.97 Å². The van der Waals surface area contributed by atoms with Gasteiger partial charge in [0.2, 0.25) is 0 Å². The summed E-state index contributed by atoms with van der Waals surface area (Å²) in [5, 5.41) is 0. The number of nitrogens with zero attached hydrogens (tertiary/aromatic N) is 2. The molecule has 5 heteroatoms. The van der Waals surface area contributed by atoms with Crippen LogP contribution in [0.15, 0.2) is 0 Å². The van der Waals surface area contributed by atoms with E-state index in [2.05, 4.69) is 28.4 Å². The molecule has 0 amide bonds. The SMILES string of the molecule is COC(=O)C(N)CN(CCN(C)C)CC(C)C. The van der Waals surface area contributed by atoms with Crippen LogP contribution in [0.3, 0.4) is 0 Å². The first kappa shape index (κ1) is 16.4. The minimum atomic E-state index is -0.555. The first-order valence-electron chi connectivity index (χ1n) is 6.07. The number of carbonyl (C=O) groups excluding carboxylic acids is 1. The molecule has 0 saturated carbocycles. The van der Waals surface area contributed by atoms with Gasteiger partial charge in [-0.2, -0.15) is 0 Å². The van der Waals surface area contributed by atoms with Gasteiger partial charge in [0.15, 0.2) is 0 Å². The lowest BCUT2D eigenvalue weighted by Gasteiger charge is -2.27. The summed E-state index contributed by atoms with van der Waals surface area (Å²) >= 11 is 0. The Kier molecular flexibility index (Phi) is 8.12. The van der Waals surface area contributed by atoms with E-state index in [1.54, 1.807) is 0 Å². The molecule has 0 aromatic carbocycles. The average molecular weight is 245 g/mol. The summed E-state index contributed by atoms with van der Waals surface area (Å²) in [5.41, 5.74) is 5.78. The second-order valence-electron chi connectivity index (χ2n) is 5.09. The summed E-state index contributed by atoms with van der Waals surface area (Å²) in [7, 11) is 5.44. The third-order valence-corrected chi connectivity index (χ3v) is 2.45. The van der Waals surface area contributed by atoms with Crippen molar-refractivity contribution in [2.75, 3.05) is 47.4 Å². The Bertz CT molecular complexity index is 220. The Labute approximate surface area is 105 Å². The first-order valence-corrected chi connectivity index (χ1v) is 6.07. The number of methoxy groups -OCH3 is 1. The van der Waals surface area contributed by atoms with Crippen molar-refractivity contribution in [1.82, 2.24) is 9.80 Å². The molecule has 0 bridgehead atoms. The molecule has 2 N–H and O–H groups in total. The molecule has 0 radical (unpaired) electrons. The van der Waals surface area contributed by atoms with E-state index in [4.69, 9.17) is 5.73 Å². The maximum atomic E-state index is 11.3. The molecule has 0 aromatic rings. The molecule has 0 spiro atoms. The third-order valence-electron chi connectivity index (χ3n) is 2.45. The highest BCUT2D eigenvalue weighted by Crippen LogP contribution is 2.00. The summed E-state index contributed by atoms with van der Waals surface area (Å²) in [5.74, 6) is 0.214. The highest BCUT2D eigenvalue weighted by atomic mass is 16.5. The van der Waals surface area contributed by atoms with Crippen molar-refractivity contribution in [1.29, 1.82) is 0 Å². The number of hydrogen-bond acceptors (Lipinski definition) is 5. The van der Waals surface area contributed by atoms with E-state index in [-0.39, 0.29) is 5.97 Å². The fourth-order valence-electron chi connectivity index (χ4n) is 1.62. The summed E-state index contributed by atoms with van der Waals surface area (Å²) in [6.45, 7) is 7.69. The highest BCUT2D eigenvalue weighted by Gasteiger charge is 2.18. The molecule has 1 atom stereocenters. The van der Waals surface area contributed by atoms with E-state index in [0.29, 0.717) is 12.5 Å². The van der Waals surface area contributed by atoms with E-state index in [9.17, 15) is 4.79 Å². The summed E-state index contributed by atoms with van der Waals surface area (Å²) in [4.78, 5) is 15.6. The van der Waals surface area contributed by atoms with Gasteiger partial charge in [0, 0.05) is 26.2 Å². The van der Waals surface area contributed by atoms with Gasteiger partial charge in [-0.1, -0.05) is 13.8 Å². The van der Waals surface area contributed by atoms with Crippen molar-refractivity contribution in [2.24, 2.45) is 11.7 Å². The van der Waals surface area contributed by atoms with Crippen LogP contribution in [-0.2, 0) is 9.53 Å². The molecule has 0 aromatic heterocycles. The van der Waals surface area contributed by atoms with Crippen LogP contribution in [-0.4, -0.2) is 69.2 Å². The van der Waals surface area contributed by atoms with Crippen LogP contribution in [0.1, 0.15) is 13.8 Å². The zero-order valence-corrected chi connectivity index (χ0v) is 11.8. The Morgan fingerprint density at radius 2 is 1.82 bits per heavy atom. The number of ether oxygens (including phenoxy) is 1. The minimum absolute atomic E-state index is 0.344. The molecule has 5 nitrogen and oxygen atoms in total. The summed E-state index contributed by atoms with van der Waals surface area (Å²) in [6, 6.07) is -0.555. The van der Waals surface area contributed by atoms with Gasteiger partial charge in [0.05, 0.1) is 7.11 Å². The van der Waals surface area contributed by atoms with Crippen molar-refractivity contribution in [2.45, 2.75) is 19.9 Å². The molecule has 0 saturated heterocycles. The first-order chi connectivity index (χ1) is 7.86. The van der Waals surface area contributed by atoms with Crippen LogP contribution in [0.2, 0.25) is 0 Å². The second-order valence-corrected chi connectivity index (χ2v) is 5.09. The zero-order chi connectivity index (χ0) is 13.4. The maximum Gasteiger partial charge on any atom is 0.323 e. The van der Waals surface area contributed by atoms with E-state index >= 15 is 0 Å². The molecule has 0 aliphatic heterocycles. The van der Waals surface area contributed by atoms with Crippen molar-refractivity contribution < 1.29 is 9.53 Å². The smallest absolute Gasteiger partial charge is 0.323 e. The highest BCUT2D eigenvalue weighted by molar-refractivity contribution is 5.75. The minimum Gasteiger partial charge on any atom is -0.468 e. The standard InChI is InChI=1S/C12H27N3O2/c1-10(2)8-15(7-6-14(3)4)9-11(13)12(16)17-5/h10-11H,6-9,13H2,1-5H3. The molecule has 1 unspecified atom stereocenters. The van der Waals surface area contributed by atoms with Crippen LogP contribution in [0.4, 0.5) is 0 Å². The van der Waals surface area contributed by atoms with E-state index < -0.39 is 6.04 Å². The number of carbonyl (C=O) groups is 1. The van der Waals surface area contributed by atoms with Gasteiger partial charge in [0.1, 0.15) is 6.04 Å². The number of nitrogens with two attached hydrogens (primary N) is 1. The van der Waals surface area contributed by atoms with Crippen molar-refractivity contribution in [3.05, 3.63) is 0 Å². The maximum absolute atomic E-state index is 11.3. The lowest BCUT2D eigenvalue weighted by molar-refractivity contribution is -0.142. The van der Waals surface area contributed by atoms with Crippen LogP contribution in [0.5, 0.6) is 0 Å². The molecular weight excluding hydrogens is 218 g/mol. The number of hydrogen-bond donors (Lipinski definition) is 1.